The Morgan fingerprint density at radius 2 is 1.67 bits per heavy atom. The summed E-state index contributed by atoms with van der Waals surface area (Å²) in [6, 6.07) is 12.1. The van der Waals surface area contributed by atoms with Gasteiger partial charge in [0.15, 0.2) is 5.16 Å². The van der Waals surface area contributed by atoms with Crippen molar-refractivity contribution in [2.75, 3.05) is 18.0 Å². The lowest BCUT2D eigenvalue weighted by atomic mass is 10.2. The van der Waals surface area contributed by atoms with E-state index in [1.807, 2.05) is 12.1 Å². The quantitative estimate of drug-likeness (QED) is 0.421. The first-order valence-electron chi connectivity index (χ1n) is 8.82. The van der Waals surface area contributed by atoms with Crippen molar-refractivity contribution in [3.05, 3.63) is 57.8 Å². The molecule has 0 unspecified atom stereocenters. The molecule has 3 heterocycles. The summed E-state index contributed by atoms with van der Waals surface area (Å²) >= 11 is 13.7. The third-order valence-corrected chi connectivity index (χ3v) is 5.88. The van der Waals surface area contributed by atoms with E-state index in [1.54, 1.807) is 11.8 Å². The molecule has 5 nitrogen and oxygen atoms in total. The van der Waals surface area contributed by atoms with Gasteiger partial charge in [0.25, 0.3) is 0 Å². The first-order chi connectivity index (χ1) is 13.1. The van der Waals surface area contributed by atoms with Crippen LogP contribution >= 0.6 is 35.0 Å². The van der Waals surface area contributed by atoms with E-state index >= 15 is 0 Å². The van der Waals surface area contributed by atoms with Crippen molar-refractivity contribution in [2.45, 2.75) is 30.7 Å². The molecule has 0 amide bonds. The Kier molecular flexibility index (Phi) is 5.57. The number of anilines is 1. The van der Waals surface area contributed by atoms with Crippen molar-refractivity contribution in [1.82, 2.24) is 19.7 Å². The minimum atomic E-state index is 0.399. The predicted molar refractivity (Wildman–Crippen MR) is 111 cm³/mol. The number of nitrogens with zero attached hydrogens (tertiary/aromatic N) is 5. The zero-order valence-electron chi connectivity index (χ0n) is 14.9. The van der Waals surface area contributed by atoms with Crippen molar-refractivity contribution in [2.24, 2.45) is 0 Å². The molecule has 0 saturated carbocycles. The number of halogens is 2. The summed E-state index contributed by atoms with van der Waals surface area (Å²) in [5.74, 6) is 1.59. The highest BCUT2D eigenvalue weighted by Gasteiger charge is 2.22. The smallest absolute Gasteiger partial charge is 0.232 e. The summed E-state index contributed by atoms with van der Waals surface area (Å²) in [6.07, 6.45) is 2.38. The van der Waals surface area contributed by atoms with Gasteiger partial charge in [0, 0.05) is 18.8 Å². The Balaban J connectivity index is 1.66. The SMILES string of the molecule is Cc1ccc(-n2c(SCc3cc(Cl)nc(Cl)c3)nnc2N2CCCC2)cc1. The van der Waals surface area contributed by atoms with Crippen LogP contribution in [0.15, 0.2) is 41.6 Å². The normalized spacial score (nSPS) is 14.1. The highest BCUT2D eigenvalue weighted by atomic mass is 35.5. The monoisotopic (exact) mass is 419 g/mol. The lowest BCUT2D eigenvalue weighted by Crippen LogP contribution is -2.22. The fraction of sp³-hybridized carbons (Fsp3) is 0.316. The molecule has 0 aliphatic carbocycles. The number of thioether (sulfide) groups is 1. The maximum atomic E-state index is 6.02. The molecule has 4 rings (SSSR count). The van der Waals surface area contributed by atoms with Gasteiger partial charge in [-0.25, -0.2) is 4.98 Å². The second-order valence-electron chi connectivity index (χ2n) is 6.56. The van der Waals surface area contributed by atoms with Crippen LogP contribution in [-0.2, 0) is 5.75 Å². The topological polar surface area (TPSA) is 46.8 Å². The number of hydrogen-bond acceptors (Lipinski definition) is 5. The fourth-order valence-corrected chi connectivity index (χ4v) is 4.53. The van der Waals surface area contributed by atoms with Gasteiger partial charge in [-0.1, -0.05) is 52.7 Å². The molecule has 8 heteroatoms. The fourth-order valence-electron chi connectivity index (χ4n) is 3.14. The summed E-state index contributed by atoms with van der Waals surface area (Å²) < 4.78 is 2.14. The first-order valence-corrected chi connectivity index (χ1v) is 10.6. The van der Waals surface area contributed by atoms with Crippen molar-refractivity contribution in [3.8, 4) is 5.69 Å². The zero-order valence-corrected chi connectivity index (χ0v) is 17.2. The number of benzene rings is 1. The van der Waals surface area contributed by atoms with Gasteiger partial charge in [0.05, 0.1) is 5.69 Å². The standard InChI is InChI=1S/C19H19Cl2N5S/c1-13-4-6-15(7-5-13)26-18(25-8-2-3-9-25)23-24-19(26)27-12-14-10-16(20)22-17(21)11-14/h4-7,10-11H,2-3,8-9,12H2,1H3. The molecule has 0 radical (unpaired) electrons. The molecule has 0 spiro atoms. The molecule has 1 aliphatic rings. The summed E-state index contributed by atoms with van der Waals surface area (Å²) in [5, 5.41) is 10.6. The zero-order chi connectivity index (χ0) is 18.8. The molecular formula is C19H19Cl2N5S. The molecule has 2 aromatic heterocycles. The van der Waals surface area contributed by atoms with Crippen LogP contribution in [0, 0.1) is 6.92 Å². The van der Waals surface area contributed by atoms with Gasteiger partial charge >= 0.3 is 0 Å². The Hall–Kier alpha value is -1.76. The maximum absolute atomic E-state index is 6.02. The van der Waals surface area contributed by atoms with E-state index in [1.165, 1.54) is 18.4 Å². The molecule has 1 saturated heterocycles. The van der Waals surface area contributed by atoms with Crippen LogP contribution in [0.2, 0.25) is 10.3 Å². The maximum Gasteiger partial charge on any atom is 0.232 e. The van der Waals surface area contributed by atoms with Crippen molar-refractivity contribution < 1.29 is 0 Å². The summed E-state index contributed by atoms with van der Waals surface area (Å²) in [7, 11) is 0. The van der Waals surface area contributed by atoms with E-state index in [0.29, 0.717) is 16.1 Å². The Morgan fingerprint density at radius 3 is 2.33 bits per heavy atom. The van der Waals surface area contributed by atoms with Gasteiger partial charge in [0.1, 0.15) is 10.3 Å². The molecular weight excluding hydrogens is 401 g/mol. The highest BCUT2D eigenvalue weighted by molar-refractivity contribution is 7.98. The second kappa shape index (κ2) is 8.09. The van der Waals surface area contributed by atoms with Gasteiger partial charge < -0.3 is 4.90 Å². The van der Waals surface area contributed by atoms with Crippen LogP contribution in [0.25, 0.3) is 5.69 Å². The van der Waals surface area contributed by atoms with E-state index < -0.39 is 0 Å². The Bertz CT molecular complexity index is 916. The summed E-state index contributed by atoms with van der Waals surface area (Å²) in [5.41, 5.74) is 3.30. The minimum absolute atomic E-state index is 0.399. The summed E-state index contributed by atoms with van der Waals surface area (Å²) in [4.78, 5) is 6.30. The van der Waals surface area contributed by atoms with Crippen molar-refractivity contribution >= 4 is 40.9 Å². The Morgan fingerprint density at radius 1 is 1.00 bits per heavy atom. The number of rotatable bonds is 5. The third kappa shape index (κ3) is 4.23. The first kappa shape index (κ1) is 18.6. The van der Waals surface area contributed by atoms with Crippen LogP contribution < -0.4 is 4.90 Å². The van der Waals surface area contributed by atoms with Crippen LogP contribution in [0.3, 0.4) is 0 Å². The van der Waals surface area contributed by atoms with Crippen molar-refractivity contribution in [1.29, 1.82) is 0 Å². The lowest BCUT2D eigenvalue weighted by Gasteiger charge is -2.18. The van der Waals surface area contributed by atoms with E-state index in [4.69, 9.17) is 23.2 Å². The molecule has 1 fully saturated rings. The number of hydrogen-bond donors (Lipinski definition) is 0. The molecule has 27 heavy (non-hydrogen) atoms. The van der Waals surface area contributed by atoms with Gasteiger partial charge in [0.2, 0.25) is 5.95 Å². The number of aryl methyl sites for hydroxylation is 1. The van der Waals surface area contributed by atoms with E-state index in [0.717, 1.165) is 35.4 Å². The average Bonchev–Trinajstić information content (AvgIpc) is 3.29. The molecule has 1 aromatic carbocycles. The van der Waals surface area contributed by atoms with Crippen LogP contribution in [0.5, 0.6) is 0 Å². The predicted octanol–water partition coefficient (Wildman–Crippen LogP) is 5.17. The van der Waals surface area contributed by atoms with Crippen LogP contribution in [-0.4, -0.2) is 32.8 Å². The van der Waals surface area contributed by atoms with E-state index in [9.17, 15) is 0 Å². The Labute approximate surface area is 172 Å². The van der Waals surface area contributed by atoms with Gasteiger partial charge in [-0.3, -0.25) is 4.57 Å². The number of pyridine rings is 1. The van der Waals surface area contributed by atoms with Crippen LogP contribution in [0.4, 0.5) is 5.95 Å². The summed E-state index contributed by atoms with van der Waals surface area (Å²) in [6.45, 7) is 4.12. The largest absolute Gasteiger partial charge is 0.341 e. The molecule has 1 aliphatic heterocycles. The van der Waals surface area contributed by atoms with Gasteiger partial charge in [-0.15, -0.1) is 10.2 Å². The lowest BCUT2D eigenvalue weighted by molar-refractivity contribution is 0.841. The van der Waals surface area contributed by atoms with E-state index in [-0.39, 0.29) is 0 Å². The molecule has 0 atom stereocenters. The third-order valence-electron chi connectivity index (χ3n) is 4.49. The molecule has 3 aromatic rings. The second-order valence-corrected chi connectivity index (χ2v) is 8.27. The average molecular weight is 420 g/mol. The highest BCUT2D eigenvalue weighted by Crippen LogP contribution is 2.31. The van der Waals surface area contributed by atoms with Gasteiger partial charge in [-0.05, 0) is 49.6 Å². The number of aromatic nitrogens is 4. The molecule has 140 valence electrons. The van der Waals surface area contributed by atoms with Crippen molar-refractivity contribution in [3.63, 3.8) is 0 Å². The molecule has 0 N–H and O–H groups in total. The van der Waals surface area contributed by atoms with Crippen LogP contribution in [0.1, 0.15) is 24.0 Å². The van der Waals surface area contributed by atoms with Gasteiger partial charge in [-0.2, -0.15) is 0 Å². The minimum Gasteiger partial charge on any atom is -0.341 e. The van der Waals surface area contributed by atoms with E-state index in [2.05, 4.69) is 55.8 Å². The molecule has 0 bridgehead atoms.